The molecular formula is C14H25F3IN3O. The monoisotopic (exact) mass is 435 g/mol. The lowest BCUT2D eigenvalue weighted by atomic mass is 9.85. The Morgan fingerprint density at radius 3 is 2.50 bits per heavy atom. The lowest BCUT2D eigenvalue weighted by molar-refractivity contribution is -0.183. The van der Waals surface area contributed by atoms with Gasteiger partial charge in [-0.1, -0.05) is 13.3 Å². The highest BCUT2D eigenvalue weighted by Crippen LogP contribution is 2.37. The van der Waals surface area contributed by atoms with E-state index in [4.69, 9.17) is 4.74 Å². The molecule has 130 valence electrons. The van der Waals surface area contributed by atoms with Crippen LogP contribution in [-0.4, -0.2) is 45.0 Å². The summed E-state index contributed by atoms with van der Waals surface area (Å²) in [4.78, 5) is 4.10. The second kappa shape index (κ2) is 8.03. The molecule has 2 fully saturated rings. The quantitative estimate of drug-likeness (QED) is 0.407. The van der Waals surface area contributed by atoms with Gasteiger partial charge in [0.05, 0.1) is 19.1 Å². The van der Waals surface area contributed by atoms with Gasteiger partial charge in [0.25, 0.3) is 0 Å². The Labute approximate surface area is 146 Å². The lowest BCUT2D eigenvalue weighted by Crippen LogP contribution is -2.53. The van der Waals surface area contributed by atoms with Crippen LogP contribution in [0.4, 0.5) is 13.2 Å². The molecule has 0 radical (unpaired) electrons. The van der Waals surface area contributed by atoms with Gasteiger partial charge >= 0.3 is 6.18 Å². The van der Waals surface area contributed by atoms with Gasteiger partial charge in [0.2, 0.25) is 0 Å². The van der Waals surface area contributed by atoms with Crippen LogP contribution in [-0.2, 0) is 4.74 Å². The van der Waals surface area contributed by atoms with E-state index < -0.39 is 12.1 Å². The minimum absolute atomic E-state index is 0. The van der Waals surface area contributed by atoms with Crippen molar-refractivity contribution in [2.75, 3.05) is 26.8 Å². The summed E-state index contributed by atoms with van der Waals surface area (Å²) < 4.78 is 43.6. The summed E-state index contributed by atoms with van der Waals surface area (Å²) in [7, 11) is 1.64. The SMILES string of the molecule is CN=C(NCC1(C)COC1)NC1CCCC(C(F)(F)F)C1.I. The van der Waals surface area contributed by atoms with E-state index in [-0.39, 0.29) is 48.3 Å². The van der Waals surface area contributed by atoms with Gasteiger partial charge in [-0.25, -0.2) is 0 Å². The van der Waals surface area contributed by atoms with Gasteiger partial charge in [0, 0.05) is 25.0 Å². The Morgan fingerprint density at radius 1 is 1.32 bits per heavy atom. The predicted octanol–water partition coefficient (Wildman–Crippen LogP) is 2.93. The molecule has 1 saturated carbocycles. The molecule has 0 amide bonds. The standard InChI is InChI=1S/C14H24F3N3O.HI/c1-13(8-21-9-13)7-19-12(18-2)20-11-5-3-4-10(6-11)14(15,16)17;/h10-11H,3-9H2,1-2H3,(H2,18,19,20);1H. The van der Waals surface area contributed by atoms with E-state index in [1.54, 1.807) is 7.05 Å². The summed E-state index contributed by atoms with van der Waals surface area (Å²) in [6.07, 6.45) is -2.36. The van der Waals surface area contributed by atoms with Crippen LogP contribution in [0.5, 0.6) is 0 Å². The van der Waals surface area contributed by atoms with Crippen molar-refractivity contribution in [2.45, 2.75) is 44.8 Å². The number of hydrogen-bond donors (Lipinski definition) is 2. The topological polar surface area (TPSA) is 45.7 Å². The van der Waals surface area contributed by atoms with Crippen LogP contribution in [0, 0.1) is 11.3 Å². The Morgan fingerprint density at radius 2 is 2.00 bits per heavy atom. The first-order valence-electron chi connectivity index (χ1n) is 7.44. The average molecular weight is 435 g/mol. The van der Waals surface area contributed by atoms with Gasteiger partial charge in [0.15, 0.2) is 5.96 Å². The van der Waals surface area contributed by atoms with E-state index in [1.807, 2.05) is 0 Å². The Hall–Kier alpha value is -0.250. The van der Waals surface area contributed by atoms with Crippen molar-refractivity contribution in [2.24, 2.45) is 16.3 Å². The Bertz CT molecular complexity index is 386. The highest BCUT2D eigenvalue weighted by Gasteiger charge is 2.42. The molecule has 22 heavy (non-hydrogen) atoms. The normalized spacial score (nSPS) is 28.3. The average Bonchev–Trinajstić information content (AvgIpc) is 2.40. The first-order valence-corrected chi connectivity index (χ1v) is 7.44. The number of nitrogens with one attached hydrogen (secondary N) is 2. The van der Waals surface area contributed by atoms with E-state index in [2.05, 4.69) is 22.5 Å². The van der Waals surface area contributed by atoms with Gasteiger partial charge in [-0.2, -0.15) is 13.2 Å². The smallest absolute Gasteiger partial charge is 0.380 e. The van der Waals surface area contributed by atoms with E-state index in [0.29, 0.717) is 32.1 Å². The van der Waals surface area contributed by atoms with Gasteiger partial charge in [0.1, 0.15) is 0 Å². The first kappa shape index (κ1) is 19.8. The minimum Gasteiger partial charge on any atom is -0.380 e. The molecule has 2 rings (SSSR count). The third-order valence-corrected chi connectivity index (χ3v) is 4.29. The molecular weight excluding hydrogens is 410 g/mol. The molecule has 2 atom stereocenters. The molecule has 2 aliphatic rings. The molecule has 1 aliphatic carbocycles. The molecule has 0 aromatic carbocycles. The maximum atomic E-state index is 12.8. The highest BCUT2D eigenvalue weighted by atomic mass is 127. The fourth-order valence-corrected chi connectivity index (χ4v) is 2.86. The van der Waals surface area contributed by atoms with Crippen LogP contribution in [0.25, 0.3) is 0 Å². The van der Waals surface area contributed by atoms with E-state index in [9.17, 15) is 13.2 Å². The molecule has 0 spiro atoms. The molecule has 4 nitrogen and oxygen atoms in total. The zero-order valence-electron chi connectivity index (χ0n) is 13.0. The maximum absolute atomic E-state index is 12.8. The summed E-state index contributed by atoms with van der Waals surface area (Å²) in [5.41, 5.74) is 0.0959. The van der Waals surface area contributed by atoms with Crippen LogP contribution >= 0.6 is 24.0 Å². The number of nitrogens with zero attached hydrogens (tertiary/aromatic N) is 1. The number of halogens is 4. The van der Waals surface area contributed by atoms with Crippen molar-refractivity contribution < 1.29 is 17.9 Å². The van der Waals surface area contributed by atoms with Gasteiger partial charge in [-0.3, -0.25) is 4.99 Å². The van der Waals surface area contributed by atoms with Crippen LogP contribution in [0.2, 0.25) is 0 Å². The Kier molecular flexibility index (Phi) is 7.22. The second-order valence-corrected chi connectivity index (χ2v) is 6.48. The van der Waals surface area contributed by atoms with Crippen molar-refractivity contribution in [3.05, 3.63) is 0 Å². The molecule has 1 saturated heterocycles. The Balaban J connectivity index is 0.00000242. The van der Waals surface area contributed by atoms with E-state index in [0.717, 1.165) is 6.42 Å². The van der Waals surface area contributed by atoms with Crippen LogP contribution < -0.4 is 10.6 Å². The van der Waals surface area contributed by atoms with E-state index in [1.165, 1.54) is 0 Å². The zero-order chi connectivity index (χ0) is 15.5. The van der Waals surface area contributed by atoms with Gasteiger partial charge in [-0.15, -0.1) is 24.0 Å². The number of ether oxygens (including phenoxy) is 1. The molecule has 0 aromatic heterocycles. The number of guanidine groups is 1. The molecule has 1 heterocycles. The predicted molar refractivity (Wildman–Crippen MR) is 90.6 cm³/mol. The third kappa shape index (κ3) is 5.43. The third-order valence-electron chi connectivity index (χ3n) is 4.29. The van der Waals surface area contributed by atoms with Crippen molar-refractivity contribution in [1.82, 2.24) is 10.6 Å². The first-order chi connectivity index (χ1) is 9.82. The fourth-order valence-electron chi connectivity index (χ4n) is 2.86. The van der Waals surface area contributed by atoms with Crippen LogP contribution in [0.1, 0.15) is 32.6 Å². The summed E-state index contributed by atoms with van der Waals surface area (Å²) in [5, 5.41) is 6.32. The van der Waals surface area contributed by atoms with Crippen molar-refractivity contribution in [3.8, 4) is 0 Å². The maximum Gasteiger partial charge on any atom is 0.391 e. The molecule has 1 aliphatic heterocycles. The molecule has 2 unspecified atom stereocenters. The molecule has 8 heteroatoms. The van der Waals surface area contributed by atoms with Crippen molar-refractivity contribution in [1.29, 1.82) is 0 Å². The van der Waals surface area contributed by atoms with Crippen LogP contribution in [0.15, 0.2) is 4.99 Å². The summed E-state index contributed by atoms with van der Waals surface area (Å²) in [5.74, 6) is -0.615. The van der Waals surface area contributed by atoms with Crippen molar-refractivity contribution in [3.63, 3.8) is 0 Å². The lowest BCUT2D eigenvalue weighted by Gasteiger charge is -2.39. The number of hydrogen-bond acceptors (Lipinski definition) is 2. The second-order valence-electron chi connectivity index (χ2n) is 6.48. The number of alkyl halides is 3. The number of rotatable bonds is 3. The summed E-state index contributed by atoms with van der Waals surface area (Å²) >= 11 is 0. The van der Waals surface area contributed by atoms with Crippen LogP contribution in [0.3, 0.4) is 0 Å². The summed E-state index contributed by atoms with van der Waals surface area (Å²) in [6, 6.07) is -0.165. The zero-order valence-corrected chi connectivity index (χ0v) is 15.3. The largest absolute Gasteiger partial charge is 0.391 e. The summed E-state index contributed by atoms with van der Waals surface area (Å²) in [6.45, 7) is 4.23. The van der Waals surface area contributed by atoms with Gasteiger partial charge < -0.3 is 15.4 Å². The molecule has 2 N–H and O–H groups in total. The molecule has 0 bridgehead atoms. The van der Waals surface area contributed by atoms with Crippen molar-refractivity contribution >= 4 is 29.9 Å². The fraction of sp³-hybridized carbons (Fsp3) is 0.929. The van der Waals surface area contributed by atoms with Gasteiger partial charge in [-0.05, 0) is 19.3 Å². The minimum atomic E-state index is -4.09. The number of aliphatic imine (C=N–C) groups is 1. The highest BCUT2D eigenvalue weighted by molar-refractivity contribution is 14.0. The van der Waals surface area contributed by atoms with E-state index >= 15 is 0 Å². The molecule has 0 aromatic rings.